The largest absolute Gasteiger partial charge is 0.497 e. The maximum Gasteiger partial charge on any atom is 0.351 e. The van der Waals surface area contributed by atoms with Crippen molar-refractivity contribution in [3.8, 4) is 17.6 Å². The van der Waals surface area contributed by atoms with Gasteiger partial charge in [-0.1, -0.05) is 79.7 Å². The number of carbonyl (C=O) groups is 1. The molecule has 0 saturated carbocycles. The molecular formula is C50H60N5O8PS. The monoisotopic (exact) mass is 921 g/mol. The van der Waals surface area contributed by atoms with Gasteiger partial charge in [0.1, 0.15) is 35.2 Å². The molecule has 344 valence electrons. The van der Waals surface area contributed by atoms with Gasteiger partial charge in [0.15, 0.2) is 0 Å². The molecule has 2 heterocycles. The van der Waals surface area contributed by atoms with Crippen LogP contribution >= 0.6 is 20.3 Å². The van der Waals surface area contributed by atoms with Gasteiger partial charge in [0, 0.05) is 35.8 Å². The molecule has 1 fully saturated rings. The molecule has 1 saturated heterocycles. The molecule has 4 aromatic carbocycles. The molecule has 0 aliphatic carbocycles. The summed E-state index contributed by atoms with van der Waals surface area (Å²) in [5.74, 6) is 2.81. The van der Waals surface area contributed by atoms with E-state index in [0.717, 1.165) is 28.2 Å². The summed E-state index contributed by atoms with van der Waals surface area (Å²) in [6, 6.07) is 38.5. The van der Waals surface area contributed by atoms with Crippen LogP contribution in [0.4, 0.5) is 5.82 Å². The van der Waals surface area contributed by atoms with E-state index in [1.165, 1.54) is 0 Å². The Balaban J connectivity index is 1.45. The van der Waals surface area contributed by atoms with E-state index in [-0.39, 0.29) is 49.9 Å². The average Bonchev–Trinajstić information content (AvgIpc) is 3.71. The molecule has 1 N–H and O–H groups in total. The van der Waals surface area contributed by atoms with Crippen molar-refractivity contribution >= 4 is 32.0 Å². The van der Waals surface area contributed by atoms with Gasteiger partial charge < -0.3 is 33.3 Å². The second-order valence-corrected chi connectivity index (χ2v) is 18.7. The van der Waals surface area contributed by atoms with Gasteiger partial charge in [0.25, 0.3) is 14.4 Å². The highest BCUT2D eigenvalue weighted by atomic mass is 32.2. The van der Waals surface area contributed by atoms with E-state index in [0.29, 0.717) is 29.2 Å². The first-order chi connectivity index (χ1) is 31.5. The normalized spacial score (nSPS) is 16.7. The Morgan fingerprint density at radius 3 is 2.06 bits per heavy atom. The van der Waals surface area contributed by atoms with Crippen LogP contribution in [0.5, 0.6) is 11.5 Å². The van der Waals surface area contributed by atoms with Crippen LogP contribution in [0.25, 0.3) is 0 Å². The summed E-state index contributed by atoms with van der Waals surface area (Å²) in [5, 5.41) is 12.3. The van der Waals surface area contributed by atoms with Crippen LogP contribution in [0.1, 0.15) is 86.4 Å². The van der Waals surface area contributed by atoms with Gasteiger partial charge in [-0.3, -0.25) is 9.36 Å². The molecule has 1 aliphatic rings. The minimum absolute atomic E-state index is 0.0211. The van der Waals surface area contributed by atoms with Crippen LogP contribution in [-0.4, -0.2) is 83.4 Å². The zero-order valence-electron chi connectivity index (χ0n) is 38.2. The Morgan fingerprint density at radius 1 is 0.923 bits per heavy atom. The highest BCUT2D eigenvalue weighted by molar-refractivity contribution is 7.99. The minimum atomic E-state index is -1.72. The number of carbonyl (C=O) groups excluding carboxylic acids is 1. The Kier molecular flexibility index (Phi) is 18.1. The highest BCUT2D eigenvalue weighted by Crippen LogP contribution is 2.51. The Hall–Kier alpha value is -5.10. The third-order valence-electron chi connectivity index (χ3n) is 11.0. The number of anilines is 1. The number of amides is 1. The number of benzene rings is 4. The van der Waals surface area contributed by atoms with Crippen molar-refractivity contribution in [1.82, 2.24) is 14.2 Å². The fourth-order valence-electron chi connectivity index (χ4n) is 8.01. The molecule has 1 unspecified atom stereocenters. The molecular weight excluding hydrogens is 862 g/mol. The second-order valence-electron chi connectivity index (χ2n) is 15.9. The first kappa shape index (κ1) is 49.3. The number of nitriles is 1. The Morgan fingerprint density at radius 2 is 1.51 bits per heavy atom. The van der Waals surface area contributed by atoms with E-state index in [4.69, 9.17) is 28.0 Å². The highest BCUT2D eigenvalue weighted by Gasteiger charge is 2.45. The lowest BCUT2D eigenvalue weighted by Crippen LogP contribution is -2.39. The van der Waals surface area contributed by atoms with Crippen molar-refractivity contribution in [3.63, 3.8) is 0 Å². The molecule has 1 aromatic heterocycles. The van der Waals surface area contributed by atoms with Crippen molar-refractivity contribution in [2.75, 3.05) is 44.3 Å². The number of rotatable bonds is 23. The van der Waals surface area contributed by atoms with Crippen LogP contribution in [0, 0.1) is 11.3 Å². The van der Waals surface area contributed by atoms with Crippen LogP contribution in [0.2, 0.25) is 0 Å². The van der Waals surface area contributed by atoms with E-state index in [2.05, 4.69) is 55.7 Å². The molecule has 5 aromatic rings. The van der Waals surface area contributed by atoms with Crippen molar-refractivity contribution in [1.29, 1.82) is 5.26 Å². The molecule has 1 amide bonds. The minimum Gasteiger partial charge on any atom is -0.497 e. The summed E-state index contributed by atoms with van der Waals surface area (Å²) in [4.78, 5) is 31.9. The van der Waals surface area contributed by atoms with E-state index < -0.39 is 38.3 Å². The fraction of sp³-hybridized carbons (Fsp3) is 0.400. The number of nitrogens with zero attached hydrogens (tertiary/aromatic N) is 4. The summed E-state index contributed by atoms with van der Waals surface area (Å²) in [6.07, 6.45) is -1.22. The molecule has 1 aliphatic heterocycles. The number of aromatic nitrogens is 2. The van der Waals surface area contributed by atoms with Gasteiger partial charge in [-0.15, -0.1) is 0 Å². The van der Waals surface area contributed by atoms with Gasteiger partial charge >= 0.3 is 5.69 Å². The lowest BCUT2D eigenvalue weighted by atomic mass is 9.80. The SMILES string of the molecule is CCSCCc1cc(NC(=O)c2ccccc2)nc(=O)n1[C@H]1C[C@H](OP(OCCC#N)N(C(C)C)C(C)C)[C@@H](COC(c2ccccc2)(c2ccc(OC)cc2)c2ccc(OC)cc2)O1. The summed E-state index contributed by atoms with van der Waals surface area (Å²) in [7, 11) is 1.55. The van der Waals surface area contributed by atoms with Gasteiger partial charge in [-0.05, 0) is 98.7 Å². The molecule has 4 atom stereocenters. The number of hydrogen-bond acceptors (Lipinski definition) is 12. The smallest absolute Gasteiger partial charge is 0.351 e. The predicted molar refractivity (Wildman–Crippen MR) is 256 cm³/mol. The summed E-state index contributed by atoms with van der Waals surface area (Å²) in [6.45, 7) is 10.6. The average molecular weight is 922 g/mol. The Labute approximate surface area is 388 Å². The fourth-order valence-corrected chi connectivity index (χ4v) is 10.4. The van der Waals surface area contributed by atoms with Crippen molar-refractivity contribution in [2.45, 2.75) is 90.0 Å². The van der Waals surface area contributed by atoms with Crippen LogP contribution < -0.4 is 20.5 Å². The first-order valence-corrected chi connectivity index (χ1v) is 24.3. The number of hydrogen-bond donors (Lipinski definition) is 1. The second kappa shape index (κ2) is 23.9. The van der Waals surface area contributed by atoms with E-state index in [9.17, 15) is 14.9 Å². The zero-order chi connectivity index (χ0) is 46.3. The quantitative estimate of drug-likeness (QED) is 0.0378. The van der Waals surface area contributed by atoms with Crippen molar-refractivity contribution in [3.05, 3.63) is 154 Å². The Bertz CT molecular complexity index is 2310. The third-order valence-corrected chi connectivity index (χ3v) is 14.1. The molecule has 0 spiro atoms. The zero-order valence-corrected chi connectivity index (χ0v) is 39.9. The number of thioether (sulfide) groups is 1. The van der Waals surface area contributed by atoms with Crippen LogP contribution in [0.15, 0.2) is 120 Å². The number of methoxy groups -OCH3 is 2. The first-order valence-electron chi connectivity index (χ1n) is 22.0. The van der Waals surface area contributed by atoms with Gasteiger partial charge in [0.05, 0.1) is 46.0 Å². The summed E-state index contributed by atoms with van der Waals surface area (Å²) in [5.41, 5.74) is 1.95. The summed E-state index contributed by atoms with van der Waals surface area (Å²) >= 11 is 1.75. The van der Waals surface area contributed by atoms with E-state index >= 15 is 0 Å². The van der Waals surface area contributed by atoms with Crippen LogP contribution in [0.3, 0.4) is 0 Å². The molecule has 0 bridgehead atoms. The van der Waals surface area contributed by atoms with Gasteiger partial charge in [0.2, 0.25) is 0 Å². The van der Waals surface area contributed by atoms with E-state index in [1.54, 1.807) is 60.9 Å². The standard InChI is InChI=1S/C50H60N5O8PS/c1-8-65-31-28-41-32-46(52-48(56)37-16-11-9-12-17-37)53-49(57)54(41)47-33-44(63-64(61-30-15-29-51)55(35(2)3)36(4)5)45(62-47)34-60-50(38-18-13-10-14-19-38,39-20-24-42(58-6)25-21-39)40-22-26-43(59-7)27-23-40/h9-14,16-27,32,35-36,44-45,47H,8,15,28,30-31,33-34H2,1-7H3,(H,52,53,56,57)/t44-,45+,47+,64?/m0/s1. The maximum atomic E-state index is 14.3. The lowest BCUT2D eigenvalue weighted by molar-refractivity contribution is -0.0929. The van der Waals surface area contributed by atoms with Crippen molar-refractivity contribution in [2.24, 2.45) is 0 Å². The van der Waals surface area contributed by atoms with Gasteiger partial charge in [-0.2, -0.15) is 22.0 Å². The molecule has 6 rings (SSSR count). The molecule has 15 heteroatoms. The number of nitrogens with one attached hydrogen (secondary N) is 1. The molecule has 0 radical (unpaired) electrons. The lowest BCUT2D eigenvalue weighted by Gasteiger charge is -2.39. The predicted octanol–water partition coefficient (Wildman–Crippen LogP) is 9.77. The maximum absolute atomic E-state index is 14.3. The summed E-state index contributed by atoms with van der Waals surface area (Å²) < 4.78 is 42.8. The third kappa shape index (κ3) is 12.2. The number of ether oxygens (including phenoxy) is 4. The van der Waals surface area contributed by atoms with Crippen LogP contribution in [-0.2, 0) is 30.5 Å². The molecule has 13 nitrogen and oxygen atoms in total. The topological polar surface area (TPSA) is 146 Å². The van der Waals surface area contributed by atoms with Crippen molar-refractivity contribution < 1.29 is 32.8 Å². The van der Waals surface area contributed by atoms with Gasteiger partial charge in [-0.25, -0.2) is 9.46 Å². The molecule has 65 heavy (non-hydrogen) atoms. The number of aryl methyl sites for hydroxylation is 1. The van der Waals surface area contributed by atoms with E-state index in [1.807, 2.05) is 84.9 Å².